The highest BCUT2D eigenvalue weighted by molar-refractivity contribution is 7.80. The number of rotatable bonds is 3. The van der Waals surface area contributed by atoms with E-state index in [-0.39, 0.29) is 5.91 Å². The maximum atomic E-state index is 11.4. The van der Waals surface area contributed by atoms with Crippen molar-refractivity contribution in [2.45, 2.75) is 6.42 Å². The SMILES string of the molecule is O=C(CCS)Nc1ccc(C#Cc2ccccc2)cc1. The lowest BCUT2D eigenvalue weighted by molar-refractivity contribution is -0.115. The highest BCUT2D eigenvalue weighted by atomic mass is 32.1. The van der Waals surface area contributed by atoms with Crippen LogP contribution in [0.25, 0.3) is 0 Å². The summed E-state index contributed by atoms with van der Waals surface area (Å²) in [5, 5.41) is 2.81. The molecule has 0 saturated heterocycles. The van der Waals surface area contributed by atoms with E-state index in [2.05, 4.69) is 29.8 Å². The average molecular weight is 281 g/mol. The molecule has 0 aliphatic carbocycles. The van der Waals surface area contributed by atoms with Crippen molar-refractivity contribution >= 4 is 24.2 Å². The Hall–Kier alpha value is -2.18. The minimum Gasteiger partial charge on any atom is -0.326 e. The van der Waals surface area contributed by atoms with Crippen molar-refractivity contribution < 1.29 is 4.79 Å². The van der Waals surface area contributed by atoms with Crippen LogP contribution in [0.2, 0.25) is 0 Å². The number of amides is 1. The number of thiol groups is 1. The number of hydrogen-bond acceptors (Lipinski definition) is 2. The minimum absolute atomic E-state index is 0.0249. The van der Waals surface area contributed by atoms with Gasteiger partial charge in [0.1, 0.15) is 0 Å². The van der Waals surface area contributed by atoms with Gasteiger partial charge in [0.25, 0.3) is 0 Å². The van der Waals surface area contributed by atoms with E-state index in [4.69, 9.17) is 0 Å². The van der Waals surface area contributed by atoms with Gasteiger partial charge in [-0.15, -0.1) is 0 Å². The Morgan fingerprint density at radius 3 is 2.15 bits per heavy atom. The van der Waals surface area contributed by atoms with Gasteiger partial charge in [-0.3, -0.25) is 4.79 Å². The quantitative estimate of drug-likeness (QED) is 0.655. The van der Waals surface area contributed by atoms with Gasteiger partial charge in [-0.2, -0.15) is 12.6 Å². The van der Waals surface area contributed by atoms with Crippen LogP contribution in [0.4, 0.5) is 5.69 Å². The Kier molecular flexibility index (Phi) is 5.28. The largest absolute Gasteiger partial charge is 0.326 e. The molecule has 0 bridgehead atoms. The van der Waals surface area contributed by atoms with Crippen molar-refractivity contribution in [1.29, 1.82) is 0 Å². The van der Waals surface area contributed by atoms with Gasteiger partial charge in [-0.05, 0) is 42.2 Å². The standard InChI is InChI=1S/C17H15NOS/c19-17(12-13-20)18-16-10-8-15(9-11-16)7-6-14-4-2-1-3-5-14/h1-5,8-11,20H,12-13H2,(H,18,19). The van der Waals surface area contributed by atoms with E-state index in [0.29, 0.717) is 12.2 Å². The molecule has 20 heavy (non-hydrogen) atoms. The predicted molar refractivity (Wildman–Crippen MR) is 86.0 cm³/mol. The molecule has 0 radical (unpaired) electrons. The lowest BCUT2D eigenvalue weighted by Gasteiger charge is -2.03. The smallest absolute Gasteiger partial charge is 0.225 e. The zero-order chi connectivity index (χ0) is 14.2. The van der Waals surface area contributed by atoms with E-state index in [1.165, 1.54) is 0 Å². The number of carbonyl (C=O) groups excluding carboxylic acids is 1. The summed E-state index contributed by atoms with van der Waals surface area (Å²) in [4.78, 5) is 11.4. The summed E-state index contributed by atoms with van der Waals surface area (Å²) in [5.74, 6) is 6.71. The Labute approximate surface area is 124 Å². The van der Waals surface area contributed by atoms with Crippen molar-refractivity contribution in [2.24, 2.45) is 0 Å². The van der Waals surface area contributed by atoms with Crippen molar-refractivity contribution in [1.82, 2.24) is 0 Å². The van der Waals surface area contributed by atoms with Crippen molar-refractivity contribution in [3.63, 3.8) is 0 Å². The van der Waals surface area contributed by atoms with E-state index in [0.717, 1.165) is 16.8 Å². The summed E-state index contributed by atoms with van der Waals surface area (Å²) in [6.45, 7) is 0. The highest BCUT2D eigenvalue weighted by Crippen LogP contribution is 2.09. The van der Waals surface area contributed by atoms with E-state index < -0.39 is 0 Å². The zero-order valence-corrected chi connectivity index (χ0v) is 11.9. The second-order valence-corrected chi connectivity index (χ2v) is 4.66. The van der Waals surface area contributed by atoms with Gasteiger partial charge in [0.05, 0.1) is 0 Å². The molecular formula is C17H15NOS. The van der Waals surface area contributed by atoms with Crippen LogP contribution in [0.3, 0.4) is 0 Å². The molecule has 0 aromatic heterocycles. The molecule has 0 aliphatic heterocycles. The maximum Gasteiger partial charge on any atom is 0.225 e. The van der Waals surface area contributed by atoms with Gasteiger partial charge in [-0.1, -0.05) is 30.0 Å². The summed E-state index contributed by atoms with van der Waals surface area (Å²) in [6, 6.07) is 17.3. The number of benzene rings is 2. The van der Waals surface area contributed by atoms with Gasteiger partial charge in [-0.25, -0.2) is 0 Å². The van der Waals surface area contributed by atoms with Crippen molar-refractivity contribution in [3.05, 3.63) is 65.7 Å². The van der Waals surface area contributed by atoms with Crippen LogP contribution in [-0.2, 0) is 4.79 Å². The summed E-state index contributed by atoms with van der Waals surface area (Å²) >= 11 is 4.03. The lowest BCUT2D eigenvalue weighted by atomic mass is 10.1. The Bertz CT molecular complexity index is 624. The summed E-state index contributed by atoms with van der Waals surface area (Å²) < 4.78 is 0. The van der Waals surface area contributed by atoms with Gasteiger partial charge in [0.2, 0.25) is 5.91 Å². The second kappa shape index (κ2) is 7.42. The van der Waals surface area contributed by atoms with Crippen LogP contribution in [0.15, 0.2) is 54.6 Å². The number of nitrogens with one attached hydrogen (secondary N) is 1. The molecule has 3 heteroatoms. The van der Waals surface area contributed by atoms with Crippen LogP contribution in [-0.4, -0.2) is 11.7 Å². The molecule has 0 aliphatic rings. The number of carbonyl (C=O) groups is 1. The minimum atomic E-state index is -0.0249. The fraction of sp³-hybridized carbons (Fsp3) is 0.118. The monoisotopic (exact) mass is 281 g/mol. The molecule has 2 nitrogen and oxygen atoms in total. The van der Waals surface area contributed by atoms with E-state index >= 15 is 0 Å². The Morgan fingerprint density at radius 2 is 1.55 bits per heavy atom. The third kappa shape index (κ3) is 4.49. The van der Waals surface area contributed by atoms with E-state index in [1.54, 1.807) is 0 Å². The fourth-order valence-corrected chi connectivity index (χ4v) is 1.83. The van der Waals surface area contributed by atoms with Crippen molar-refractivity contribution in [3.8, 4) is 11.8 Å². The van der Waals surface area contributed by atoms with E-state index in [9.17, 15) is 4.79 Å². The zero-order valence-electron chi connectivity index (χ0n) is 11.0. The van der Waals surface area contributed by atoms with E-state index in [1.807, 2.05) is 54.6 Å². The molecule has 0 saturated carbocycles. The summed E-state index contributed by atoms with van der Waals surface area (Å²) in [5.41, 5.74) is 2.68. The molecule has 100 valence electrons. The van der Waals surface area contributed by atoms with Gasteiger partial charge >= 0.3 is 0 Å². The first-order valence-electron chi connectivity index (χ1n) is 6.36. The summed E-state index contributed by atoms with van der Waals surface area (Å²) in [6.07, 6.45) is 0.415. The highest BCUT2D eigenvalue weighted by Gasteiger charge is 1.99. The first kappa shape index (κ1) is 14.2. The third-order valence-electron chi connectivity index (χ3n) is 2.63. The van der Waals surface area contributed by atoms with Crippen LogP contribution in [0.5, 0.6) is 0 Å². The Balaban J connectivity index is 2.02. The maximum absolute atomic E-state index is 11.4. The molecule has 0 spiro atoms. The lowest BCUT2D eigenvalue weighted by Crippen LogP contribution is -2.11. The molecule has 0 unspecified atom stereocenters. The van der Waals surface area contributed by atoms with Gasteiger partial charge in [0.15, 0.2) is 0 Å². The third-order valence-corrected chi connectivity index (χ3v) is 2.86. The molecular weight excluding hydrogens is 266 g/mol. The molecule has 0 heterocycles. The average Bonchev–Trinajstić information content (AvgIpc) is 2.48. The second-order valence-electron chi connectivity index (χ2n) is 4.22. The number of hydrogen-bond donors (Lipinski definition) is 2. The number of anilines is 1. The van der Waals surface area contributed by atoms with Gasteiger partial charge in [0, 0.05) is 23.2 Å². The van der Waals surface area contributed by atoms with Crippen LogP contribution < -0.4 is 5.32 Å². The van der Waals surface area contributed by atoms with Crippen LogP contribution in [0, 0.1) is 11.8 Å². The fourth-order valence-electron chi connectivity index (χ4n) is 1.63. The van der Waals surface area contributed by atoms with Crippen LogP contribution in [0.1, 0.15) is 17.5 Å². The van der Waals surface area contributed by atoms with Gasteiger partial charge < -0.3 is 5.32 Å². The molecule has 2 aromatic carbocycles. The normalized spacial score (nSPS) is 9.45. The first-order chi connectivity index (χ1) is 9.78. The summed E-state index contributed by atoms with van der Waals surface area (Å²) in [7, 11) is 0. The van der Waals surface area contributed by atoms with Crippen molar-refractivity contribution in [2.75, 3.05) is 11.1 Å². The first-order valence-corrected chi connectivity index (χ1v) is 6.99. The van der Waals surface area contributed by atoms with Crippen LogP contribution >= 0.6 is 12.6 Å². The molecule has 1 amide bonds. The molecule has 2 rings (SSSR count). The predicted octanol–water partition coefficient (Wildman–Crippen LogP) is 3.34. The molecule has 0 fully saturated rings. The molecule has 2 aromatic rings. The topological polar surface area (TPSA) is 29.1 Å². The molecule has 1 N–H and O–H groups in total. The molecule has 0 atom stereocenters. The Morgan fingerprint density at radius 1 is 0.950 bits per heavy atom.